The number of benzene rings is 2. The highest BCUT2D eigenvalue weighted by Gasteiger charge is 2.57. The van der Waals surface area contributed by atoms with E-state index in [0.717, 1.165) is 23.1 Å². The molecule has 1 saturated heterocycles. The fourth-order valence-corrected chi connectivity index (χ4v) is 7.29. The number of amides is 5. The van der Waals surface area contributed by atoms with Gasteiger partial charge in [0, 0.05) is 21.5 Å². The summed E-state index contributed by atoms with van der Waals surface area (Å²) in [6.45, 7) is -0.332. The molecule has 0 aliphatic carbocycles. The molecule has 0 spiro atoms. The molecule has 10 nitrogen and oxygen atoms in total. The Morgan fingerprint density at radius 3 is 2.33 bits per heavy atom. The Morgan fingerprint density at radius 1 is 1.03 bits per heavy atom. The third-order valence-electron chi connectivity index (χ3n) is 5.95. The topological polar surface area (TPSA) is 152 Å². The maximum atomic E-state index is 13.1. The van der Waals surface area contributed by atoms with Gasteiger partial charge < -0.3 is 16.2 Å². The lowest BCUT2D eigenvalue weighted by Gasteiger charge is -2.30. The third-order valence-corrected chi connectivity index (χ3v) is 8.81. The molecule has 5 rings (SSSR count). The van der Waals surface area contributed by atoms with Crippen LogP contribution in [0.15, 0.2) is 58.4 Å². The van der Waals surface area contributed by atoms with Gasteiger partial charge in [0.1, 0.15) is 17.5 Å². The molecule has 2 aromatic carbocycles. The fraction of sp³-hybridized carbons (Fsp3) is 0.174. The number of rotatable bonds is 4. The molecule has 2 aliphatic heterocycles. The Kier molecular flexibility index (Phi) is 6.10. The second-order valence-electron chi connectivity index (χ2n) is 8.16. The number of nitrogens with one attached hydrogen (secondary N) is 1. The average molecular weight is 545 g/mol. The predicted octanol–water partition coefficient (Wildman–Crippen LogP) is 2.58. The Hall–Kier alpha value is -3.61. The minimum Gasteiger partial charge on any atom is -0.508 e. The minimum atomic E-state index is -1.17. The van der Waals surface area contributed by atoms with Crippen molar-refractivity contribution in [3.05, 3.63) is 73.7 Å². The molecule has 0 saturated carbocycles. The standard InChI is InChI=1S/C23H17ClN4O6S2/c24-11-3-5-12(6-4-11)26-14(30)9-27-21-18(36-23(27)34)15(10-1-7-13(29)8-2-10)16-17(35-21)20(32)28(19(16)31)22(25)33/h1-8,15-17,29H,9H2,(H2,25,33)(H,26,30). The smallest absolute Gasteiger partial charge is 0.328 e. The zero-order valence-corrected chi connectivity index (χ0v) is 20.6. The number of phenols is 1. The lowest BCUT2D eigenvalue weighted by molar-refractivity contribution is -0.135. The van der Waals surface area contributed by atoms with Crippen molar-refractivity contribution in [2.75, 3.05) is 5.32 Å². The molecule has 3 unspecified atom stereocenters. The summed E-state index contributed by atoms with van der Waals surface area (Å²) in [6, 6.07) is 11.3. The van der Waals surface area contributed by atoms with E-state index in [-0.39, 0.29) is 12.3 Å². The van der Waals surface area contributed by atoms with Crippen LogP contribution < -0.4 is 15.9 Å². The van der Waals surface area contributed by atoms with E-state index in [4.69, 9.17) is 17.3 Å². The summed E-state index contributed by atoms with van der Waals surface area (Å²) in [5.74, 6) is -3.74. The number of anilines is 1. The SMILES string of the molecule is NC(=O)N1C(=O)C2Sc3c(sc(=O)n3CC(=O)Nc3ccc(Cl)cc3)C(c3ccc(O)cc3)C2C1=O. The van der Waals surface area contributed by atoms with Gasteiger partial charge in [0.2, 0.25) is 11.8 Å². The predicted molar refractivity (Wildman–Crippen MR) is 133 cm³/mol. The number of aromatic hydroxyl groups is 1. The lowest BCUT2D eigenvalue weighted by Crippen LogP contribution is -2.41. The van der Waals surface area contributed by atoms with Gasteiger partial charge in [-0.15, -0.1) is 0 Å². The van der Waals surface area contributed by atoms with Crippen molar-refractivity contribution >= 4 is 64.1 Å². The van der Waals surface area contributed by atoms with Crippen LogP contribution in [0.3, 0.4) is 0 Å². The van der Waals surface area contributed by atoms with E-state index in [2.05, 4.69) is 5.32 Å². The number of fused-ring (bicyclic) bond motifs is 2. The first-order valence-corrected chi connectivity index (χ1v) is 12.6. The Balaban J connectivity index is 1.55. The van der Waals surface area contributed by atoms with Crippen molar-refractivity contribution in [3.8, 4) is 5.75 Å². The van der Waals surface area contributed by atoms with Crippen molar-refractivity contribution in [1.29, 1.82) is 0 Å². The molecule has 5 amide bonds. The van der Waals surface area contributed by atoms with Crippen LogP contribution in [0, 0.1) is 5.92 Å². The van der Waals surface area contributed by atoms with E-state index >= 15 is 0 Å². The van der Waals surface area contributed by atoms with E-state index in [1.54, 1.807) is 36.4 Å². The largest absolute Gasteiger partial charge is 0.508 e. The number of hydrogen-bond acceptors (Lipinski definition) is 8. The van der Waals surface area contributed by atoms with Gasteiger partial charge >= 0.3 is 10.9 Å². The number of primary amides is 1. The lowest BCUT2D eigenvalue weighted by atomic mass is 9.83. The number of likely N-dealkylation sites (tertiary alicyclic amines) is 1. The van der Waals surface area contributed by atoms with E-state index in [9.17, 15) is 29.1 Å². The van der Waals surface area contributed by atoms with Crippen molar-refractivity contribution < 1.29 is 24.3 Å². The third kappa shape index (κ3) is 4.06. The van der Waals surface area contributed by atoms with Gasteiger partial charge in [0.25, 0.3) is 5.91 Å². The second kappa shape index (κ2) is 9.12. The van der Waals surface area contributed by atoms with Crippen molar-refractivity contribution in [1.82, 2.24) is 9.47 Å². The van der Waals surface area contributed by atoms with Gasteiger partial charge in [-0.3, -0.25) is 23.7 Å². The van der Waals surface area contributed by atoms with E-state index in [1.807, 2.05) is 0 Å². The first-order chi connectivity index (χ1) is 17.2. The van der Waals surface area contributed by atoms with Crippen LogP contribution >= 0.6 is 34.7 Å². The van der Waals surface area contributed by atoms with Crippen LogP contribution in [-0.4, -0.2) is 43.6 Å². The molecule has 0 radical (unpaired) electrons. The molecule has 184 valence electrons. The number of carbonyl (C=O) groups is 4. The molecule has 1 fully saturated rings. The Bertz CT molecular complexity index is 1470. The molecule has 3 heterocycles. The zero-order valence-electron chi connectivity index (χ0n) is 18.2. The van der Waals surface area contributed by atoms with Gasteiger partial charge in [-0.1, -0.05) is 46.8 Å². The molecular weight excluding hydrogens is 528 g/mol. The monoisotopic (exact) mass is 544 g/mol. The first kappa shape index (κ1) is 24.1. The number of phenolic OH excluding ortho intramolecular Hbond substituents is 1. The summed E-state index contributed by atoms with van der Waals surface area (Å²) in [4.78, 5) is 64.3. The highest BCUT2D eigenvalue weighted by atomic mass is 35.5. The number of halogens is 1. The minimum absolute atomic E-state index is 0.00192. The maximum absolute atomic E-state index is 13.1. The molecule has 4 N–H and O–H groups in total. The van der Waals surface area contributed by atoms with Gasteiger partial charge in [-0.2, -0.15) is 4.90 Å². The molecule has 0 bridgehead atoms. The van der Waals surface area contributed by atoms with Crippen LogP contribution in [0.1, 0.15) is 16.4 Å². The summed E-state index contributed by atoms with van der Waals surface area (Å²) in [6.07, 6.45) is 0. The van der Waals surface area contributed by atoms with Crippen molar-refractivity contribution in [2.24, 2.45) is 11.7 Å². The van der Waals surface area contributed by atoms with E-state index in [0.29, 0.717) is 31.1 Å². The van der Waals surface area contributed by atoms with Crippen LogP contribution in [0.2, 0.25) is 5.02 Å². The maximum Gasteiger partial charge on any atom is 0.328 e. The number of aromatic nitrogens is 1. The molecule has 36 heavy (non-hydrogen) atoms. The second-order valence-corrected chi connectivity index (χ2v) is 10.7. The van der Waals surface area contributed by atoms with Crippen molar-refractivity contribution in [3.63, 3.8) is 0 Å². The average Bonchev–Trinajstić information content (AvgIpc) is 3.27. The number of thioether (sulfide) groups is 1. The Labute approximate surface area is 216 Å². The van der Waals surface area contributed by atoms with E-state index in [1.165, 1.54) is 16.7 Å². The highest BCUT2D eigenvalue weighted by molar-refractivity contribution is 8.00. The number of nitrogens with two attached hydrogens (primary N) is 1. The van der Waals surface area contributed by atoms with Crippen LogP contribution in [-0.2, 0) is 20.9 Å². The van der Waals surface area contributed by atoms with Crippen molar-refractivity contribution in [2.45, 2.75) is 22.7 Å². The number of thiazole rings is 1. The molecule has 2 aliphatic rings. The Morgan fingerprint density at radius 2 is 1.69 bits per heavy atom. The highest BCUT2D eigenvalue weighted by Crippen LogP contribution is 2.53. The molecule has 3 atom stereocenters. The number of hydrogen-bond donors (Lipinski definition) is 3. The molecule has 1 aromatic heterocycles. The summed E-state index contributed by atoms with van der Waals surface area (Å²) in [5, 5.41) is 12.3. The number of imide groups is 3. The van der Waals surface area contributed by atoms with Crippen LogP contribution in [0.4, 0.5) is 10.5 Å². The quantitative estimate of drug-likeness (QED) is 0.427. The normalized spacial score (nSPS) is 20.7. The summed E-state index contributed by atoms with van der Waals surface area (Å²) >= 11 is 7.71. The molecular formula is C23H17ClN4O6S2. The molecule has 3 aromatic rings. The first-order valence-electron chi connectivity index (χ1n) is 10.6. The summed E-state index contributed by atoms with van der Waals surface area (Å²) < 4.78 is 1.25. The van der Waals surface area contributed by atoms with Gasteiger partial charge in [-0.25, -0.2) is 4.79 Å². The zero-order chi connectivity index (χ0) is 25.7. The van der Waals surface area contributed by atoms with Gasteiger partial charge in [-0.05, 0) is 42.0 Å². The number of carbonyl (C=O) groups excluding carboxylic acids is 4. The van der Waals surface area contributed by atoms with Gasteiger partial charge in [0.05, 0.1) is 10.9 Å². The van der Waals surface area contributed by atoms with Crippen LogP contribution in [0.5, 0.6) is 5.75 Å². The number of nitrogens with zero attached hydrogens (tertiary/aromatic N) is 2. The number of urea groups is 1. The van der Waals surface area contributed by atoms with Crippen LogP contribution in [0.25, 0.3) is 0 Å². The summed E-state index contributed by atoms with van der Waals surface area (Å²) in [5.41, 5.74) is 6.37. The fourth-order valence-electron chi connectivity index (χ4n) is 4.39. The summed E-state index contributed by atoms with van der Waals surface area (Å²) in [7, 11) is 0. The van der Waals surface area contributed by atoms with Gasteiger partial charge in [0.15, 0.2) is 0 Å². The molecule has 13 heteroatoms. The van der Waals surface area contributed by atoms with E-state index < -0.39 is 45.7 Å².